The van der Waals surface area contributed by atoms with E-state index < -0.39 is 0 Å². The summed E-state index contributed by atoms with van der Waals surface area (Å²) in [5, 5.41) is 6.01. The second-order valence-electron chi connectivity index (χ2n) is 6.34. The fourth-order valence-corrected chi connectivity index (χ4v) is 3.24. The van der Waals surface area contributed by atoms with Crippen LogP contribution in [0.1, 0.15) is 30.4 Å². The maximum Gasteiger partial charge on any atom is 0.314 e. The van der Waals surface area contributed by atoms with Crippen molar-refractivity contribution in [1.29, 1.82) is 0 Å². The zero-order valence-electron chi connectivity index (χ0n) is 13.4. The lowest BCUT2D eigenvalue weighted by atomic mass is 9.64. The third-order valence-electron chi connectivity index (χ3n) is 4.83. The van der Waals surface area contributed by atoms with Crippen LogP contribution in [0.4, 0.5) is 4.79 Å². The van der Waals surface area contributed by atoms with Gasteiger partial charge >= 0.3 is 6.03 Å². The van der Waals surface area contributed by atoms with E-state index in [4.69, 9.17) is 0 Å². The van der Waals surface area contributed by atoms with Gasteiger partial charge in [0.25, 0.3) is 0 Å². The highest BCUT2D eigenvalue weighted by atomic mass is 16.2. The Morgan fingerprint density at radius 2 is 1.57 bits per heavy atom. The van der Waals surface area contributed by atoms with Gasteiger partial charge in [-0.2, -0.15) is 0 Å². The number of carbonyl (C=O) groups excluding carboxylic acids is 1. The molecule has 23 heavy (non-hydrogen) atoms. The molecule has 0 bridgehead atoms. The Balaban J connectivity index is 1.45. The summed E-state index contributed by atoms with van der Waals surface area (Å²) in [5.41, 5.74) is 2.72. The number of benzene rings is 2. The number of rotatable bonds is 6. The molecule has 2 N–H and O–H groups in total. The number of hydrogen-bond acceptors (Lipinski definition) is 1. The molecule has 1 saturated carbocycles. The minimum atomic E-state index is -0.0665. The van der Waals surface area contributed by atoms with E-state index >= 15 is 0 Å². The van der Waals surface area contributed by atoms with Crippen molar-refractivity contribution in [3.63, 3.8) is 0 Å². The average Bonchev–Trinajstić information content (AvgIpc) is 2.56. The first-order valence-corrected chi connectivity index (χ1v) is 8.40. The zero-order valence-corrected chi connectivity index (χ0v) is 13.4. The van der Waals surface area contributed by atoms with Crippen LogP contribution in [-0.4, -0.2) is 19.1 Å². The maximum atomic E-state index is 12.0. The third-order valence-corrected chi connectivity index (χ3v) is 4.83. The summed E-state index contributed by atoms with van der Waals surface area (Å²) in [7, 11) is 0. The van der Waals surface area contributed by atoms with Gasteiger partial charge in [-0.1, -0.05) is 67.1 Å². The summed E-state index contributed by atoms with van der Waals surface area (Å²) >= 11 is 0. The van der Waals surface area contributed by atoms with Gasteiger partial charge in [-0.05, 0) is 30.4 Å². The van der Waals surface area contributed by atoms with Gasteiger partial charge in [-0.15, -0.1) is 0 Å². The van der Waals surface area contributed by atoms with E-state index in [9.17, 15) is 4.79 Å². The molecule has 0 aromatic heterocycles. The van der Waals surface area contributed by atoms with Crippen LogP contribution in [0.5, 0.6) is 0 Å². The second-order valence-corrected chi connectivity index (χ2v) is 6.34. The molecule has 120 valence electrons. The van der Waals surface area contributed by atoms with Crippen LogP contribution in [-0.2, 0) is 11.8 Å². The highest BCUT2D eigenvalue weighted by molar-refractivity contribution is 5.74. The molecule has 2 amide bonds. The second kappa shape index (κ2) is 7.32. The molecule has 0 atom stereocenters. The van der Waals surface area contributed by atoms with E-state index in [0.29, 0.717) is 13.1 Å². The van der Waals surface area contributed by atoms with Crippen LogP contribution in [0.15, 0.2) is 60.7 Å². The van der Waals surface area contributed by atoms with E-state index in [1.54, 1.807) is 0 Å². The van der Waals surface area contributed by atoms with Crippen molar-refractivity contribution in [1.82, 2.24) is 10.6 Å². The highest BCUT2D eigenvalue weighted by Crippen LogP contribution is 2.43. The molecule has 0 spiro atoms. The molecular formula is C20H24N2O. The van der Waals surface area contributed by atoms with Gasteiger partial charge in [-0.25, -0.2) is 4.79 Å². The summed E-state index contributed by atoms with van der Waals surface area (Å²) in [6, 6.07) is 20.7. The lowest BCUT2D eigenvalue weighted by Crippen LogP contribution is -2.48. The predicted molar refractivity (Wildman–Crippen MR) is 93.5 cm³/mol. The molecule has 1 aliphatic carbocycles. The molecule has 0 saturated heterocycles. The van der Waals surface area contributed by atoms with Gasteiger partial charge in [0.2, 0.25) is 0 Å². The van der Waals surface area contributed by atoms with Crippen molar-refractivity contribution in [3.8, 4) is 0 Å². The first-order valence-electron chi connectivity index (χ1n) is 8.40. The van der Waals surface area contributed by atoms with Crippen molar-refractivity contribution in [2.24, 2.45) is 0 Å². The van der Waals surface area contributed by atoms with E-state index in [2.05, 4.69) is 47.0 Å². The van der Waals surface area contributed by atoms with Crippen molar-refractivity contribution in [2.75, 3.05) is 13.1 Å². The van der Waals surface area contributed by atoms with E-state index in [-0.39, 0.29) is 11.4 Å². The molecule has 0 heterocycles. The first-order chi connectivity index (χ1) is 11.3. The number of urea groups is 1. The molecule has 2 aromatic carbocycles. The van der Waals surface area contributed by atoms with Gasteiger partial charge in [0.1, 0.15) is 0 Å². The lowest BCUT2D eigenvalue weighted by Gasteiger charge is -2.42. The van der Waals surface area contributed by atoms with Crippen LogP contribution in [0.2, 0.25) is 0 Å². The Morgan fingerprint density at radius 3 is 2.17 bits per heavy atom. The predicted octanol–water partition coefficient (Wildman–Crippen LogP) is 3.65. The largest absolute Gasteiger partial charge is 0.338 e. The molecule has 0 aliphatic heterocycles. The normalized spacial score (nSPS) is 15.5. The smallest absolute Gasteiger partial charge is 0.314 e. The quantitative estimate of drug-likeness (QED) is 0.840. The Bertz CT molecular complexity index is 621. The molecule has 1 fully saturated rings. The Hall–Kier alpha value is -2.29. The fraction of sp³-hybridized carbons (Fsp3) is 0.350. The van der Waals surface area contributed by atoms with E-state index in [0.717, 1.165) is 19.3 Å². The van der Waals surface area contributed by atoms with Gasteiger partial charge in [0, 0.05) is 18.5 Å². The first kappa shape index (κ1) is 15.6. The van der Waals surface area contributed by atoms with Crippen LogP contribution in [0.25, 0.3) is 0 Å². The Labute approximate surface area is 138 Å². The van der Waals surface area contributed by atoms with Gasteiger partial charge < -0.3 is 10.6 Å². The van der Waals surface area contributed by atoms with E-state index in [1.807, 2.05) is 24.3 Å². The van der Waals surface area contributed by atoms with Crippen molar-refractivity contribution in [3.05, 3.63) is 71.8 Å². The van der Waals surface area contributed by atoms with Gasteiger partial charge in [-0.3, -0.25) is 0 Å². The Morgan fingerprint density at radius 1 is 0.913 bits per heavy atom. The Kier molecular flexibility index (Phi) is 4.96. The molecule has 0 unspecified atom stereocenters. The number of hydrogen-bond donors (Lipinski definition) is 2. The fourth-order valence-electron chi connectivity index (χ4n) is 3.24. The van der Waals surface area contributed by atoms with Crippen molar-refractivity contribution < 1.29 is 4.79 Å². The topological polar surface area (TPSA) is 41.1 Å². The highest BCUT2D eigenvalue weighted by Gasteiger charge is 2.38. The molecular weight excluding hydrogens is 284 g/mol. The SMILES string of the molecule is O=C(NCCc1ccccc1)NCC1(c2ccccc2)CCC1. The minimum Gasteiger partial charge on any atom is -0.338 e. The van der Waals surface area contributed by atoms with Gasteiger partial charge in [0.05, 0.1) is 0 Å². The summed E-state index contributed by atoms with van der Waals surface area (Å²) in [5.74, 6) is 0. The molecule has 3 heteroatoms. The van der Waals surface area contributed by atoms with Crippen LogP contribution in [0, 0.1) is 0 Å². The van der Waals surface area contributed by atoms with Gasteiger partial charge in [0.15, 0.2) is 0 Å². The molecule has 2 aromatic rings. The van der Waals surface area contributed by atoms with Crippen molar-refractivity contribution in [2.45, 2.75) is 31.1 Å². The van der Waals surface area contributed by atoms with E-state index in [1.165, 1.54) is 17.5 Å². The summed E-state index contributed by atoms with van der Waals surface area (Å²) in [4.78, 5) is 12.0. The molecule has 1 aliphatic rings. The standard InChI is InChI=1S/C20H24N2O/c23-19(21-15-12-17-8-3-1-4-9-17)22-16-20(13-7-14-20)18-10-5-2-6-11-18/h1-6,8-11H,7,12-16H2,(H2,21,22,23). The zero-order chi connectivity index (χ0) is 16.0. The summed E-state index contributed by atoms with van der Waals surface area (Å²) in [6.45, 7) is 1.38. The third kappa shape index (κ3) is 3.92. The van der Waals surface area contributed by atoms with Crippen LogP contribution >= 0.6 is 0 Å². The van der Waals surface area contributed by atoms with Crippen LogP contribution < -0.4 is 10.6 Å². The number of nitrogens with one attached hydrogen (secondary N) is 2. The minimum absolute atomic E-state index is 0.0665. The lowest BCUT2D eigenvalue weighted by molar-refractivity contribution is 0.215. The molecule has 3 nitrogen and oxygen atoms in total. The molecule has 0 radical (unpaired) electrons. The summed E-state index contributed by atoms with van der Waals surface area (Å²) < 4.78 is 0. The van der Waals surface area contributed by atoms with Crippen LogP contribution in [0.3, 0.4) is 0 Å². The van der Waals surface area contributed by atoms with Crippen molar-refractivity contribution >= 4 is 6.03 Å². The maximum absolute atomic E-state index is 12.0. The summed E-state index contributed by atoms with van der Waals surface area (Å²) in [6.07, 6.45) is 4.41. The monoisotopic (exact) mass is 308 g/mol. The molecule has 3 rings (SSSR count). The number of amides is 2. The average molecular weight is 308 g/mol. The number of carbonyl (C=O) groups is 1.